The summed E-state index contributed by atoms with van der Waals surface area (Å²) in [7, 11) is 2.88. The predicted octanol–water partition coefficient (Wildman–Crippen LogP) is 2.34. The number of hydrogen-bond acceptors (Lipinski definition) is 7. The largest absolute Gasteiger partial charge is 0.497 e. The maximum absolute atomic E-state index is 12.9. The number of nitrogens with zero attached hydrogens (tertiary/aromatic N) is 1. The van der Waals surface area contributed by atoms with Crippen molar-refractivity contribution in [3.8, 4) is 11.5 Å². The molecule has 4 rings (SSSR count). The molecule has 1 saturated heterocycles. The second-order valence-electron chi connectivity index (χ2n) is 7.28. The van der Waals surface area contributed by atoms with Crippen LogP contribution >= 0.6 is 11.3 Å². The van der Waals surface area contributed by atoms with Crippen molar-refractivity contribution in [2.45, 2.75) is 18.4 Å². The smallest absolute Gasteiger partial charge is 0.348 e. The van der Waals surface area contributed by atoms with E-state index >= 15 is 0 Å². The number of likely N-dealkylation sites (tertiary alicyclic amines) is 1. The van der Waals surface area contributed by atoms with Gasteiger partial charge in [0, 0.05) is 32.0 Å². The lowest BCUT2D eigenvalue weighted by molar-refractivity contribution is 0.00778. The van der Waals surface area contributed by atoms with E-state index in [4.69, 9.17) is 14.2 Å². The molecule has 0 aliphatic carbocycles. The highest BCUT2D eigenvalue weighted by Crippen LogP contribution is 2.35. The Bertz CT molecular complexity index is 993. The molecule has 158 valence electrons. The van der Waals surface area contributed by atoms with Gasteiger partial charge in [-0.15, -0.1) is 11.3 Å². The lowest BCUT2D eigenvalue weighted by Gasteiger charge is -2.41. The molecule has 8 nitrogen and oxygen atoms in total. The van der Waals surface area contributed by atoms with Gasteiger partial charge in [-0.3, -0.25) is 9.59 Å². The number of piperidine rings is 1. The molecule has 1 aromatic carbocycles. The van der Waals surface area contributed by atoms with Gasteiger partial charge in [-0.25, -0.2) is 4.79 Å². The molecular weight excluding hydrogens is 408 g/mol. The first kappa shape index (κ1) is 20.2. The van der Waals surface area contributed by atoms with E-state index in [0.717, 1.165) is 11.3 Å². The summed E-state index contributed by atoms with van der Waals surface area (Å²) in [6.45, 7) is 1.34. The summed E-state index contributed by atoms with van der Waals surface area (Å²) in [4.78, 5) is 39.6. The Labute approximate surface area is 177 Å². The van der Waals surface area contributed by atoms with Gasteiger partial charge in [0.05, 0.1) is 31.2 Å². The molecule has 0 atom stereocenters. The number of benzene rings is 1. The number of nitrogens with one attached hydrogen (secondary N) is 1. The van der Waals surface area contributed by atoms with E-state index in [1.54, 1.807) is 42.3 Å². The van der Waals surface area contributed by atoms with E-state index in [9.17, 15) is 14.4 Å². The third-order valence-corrected chi connectivity index (χ3v) is 6.55. The highest BCUT2D eigenvalue weighted by molar-refractivity contribution is 7.15. The fourth-order valence-corrected chi connectivity index (χ4v) is 4.61. The van der Waals surface area contributed by atoms with Crippen LogP contribution in [0.3, 0.4) is 0 Å². The van der Waals surface area contributed by atoms with Crippen LogP contribution in [-0.4, -0.2) is 62.1 Å². The van der Waals surface area contributed by atoms with Gasteiger partial charge in [0.1, 0.15) is 22.0 Å². The summed E-state index contributed by atoms with van der Waals surface area (Å²) in [5.74, 6) is 0.352. The number of rotatable bonds is 3. The van der Waals surface area contributed by atoms with Gasteiger partial charge in [0.15, 0.2) is 0 Å². The van der Waals surface area contributed by atoms with Crippen LogP contribution in [0.2, 0.25) is 0 Å². The third kappa shape index (κ3) is 3.72. The second kappa shape index (κ2) is 7.98. The maximum atomic E-state index is 12.9. The Morgan fingerprint density at radius 3 is 2.57 bits per heavy atom. The number of fused-ring (bicyclic) bond motifs is 1. The lowest BCUT2D eigenvalue weighted by atomic mass is 9.90. The predicted molar refractivity (Wildman–Crippen MR) is 109 cm³/mol. The van der Waals surface area contributed by atoms with Crippen molar-refractivity contribution in [3.63, 3.8) is 0 Å². The summed E-state index contributed by atoms with van der Waals surface area (Å²) >= 11 is 1.12. The summed E-state index contributed by atoms with van der Waals surface area (Å²) in [5.41, 5.74) is -0.114. The van der Waals surface area contributed by atoms with Gasteiger partial charge in [-0.05, 0) is 24.3 Å². The van der Waals surface area contributed by atoms with Crippen LogP contribution in [0.5, 0.6) is 11.5 Å². The number of carbonyl (C=O) groups is 3. The number of hydrogen-bond donors (Lipinski definition) is 1. The van der Waals surface area contributed by atoms with Crippen LogP contribution in [0.25, 0.3) is 0 Å². The van der Waals surface area contributed by atoms with Gasteiger partial charge in [0.25, 0.3) is 11.8 Å². The zero-order chi connectivity index (χ0) is 21.3. The zero-order valence-electron chi connectivity index (χ0n) is 16.7. The topological polar surface area (TPSA) is 94.2 Å². The maximum Gasteiger partial charge on any atom is 0.348 e. The SMILES string of the molecule is COC(=O)c1ccc(C(=O)N2CCC3(CC2)CNC(=O)c2ccc(OC)cc2O3)s1. The van der Waals surface area contributed by atoms with Crippen LogP contribution in [0.4, 0.5) is 0 Å². The van der Waals surface area contributed by atoms with E-state index < -0.39 is 11.6 Å². The molecule has 30 heavy (non-hydrogen) atoms. The van der Waals surface area contributed by atoms with Crippen LogP contribution in [0, 0.1) is 0 Å². The molecule has 0 radical (unpaired) electrons. The Morgan fingerprint density at radius 2 is 1.87 bits per heavy atom. The molecule has 3 heterocycles. The minimum atomic E-state index is -0.587. The first-order valence-corrected chi connectivity index (χ1v) is 10.4. The van der Waals surface area contributed by atoms with E-state index in [1.165, 1.54) is 7.11 Å². The molecule has 0 unspecified atom stereocenters. The number of carbonyl (C=O) groups excluding carboxylic acids is 3. The lowest BCUT2D eigenvalue weighted by Crippen LogP contribution is -2.54. The zero-order valence-corrected chi connectivity index (χ0v) is 17.5. The minimum Gasteiger partial charge on any atom is -0.497 e. The number of methoxy groups -OCH3 is 2. The average molecular weight is 430 g/mol. The number of esters is 1. The number of thiophene rings is 1. The molecule has 2 amide bonds. The Balaban J connectivity index is 1.48. The van der Waals surface area contributed by atoms with Crippen molar-refractivity contribution >= 4 is 29.1 Å². The van der Waals surface area contributed by atoms with E-state index in [-0.39, 0.29) is 11.8 Å². The summed E-state index contributed by atoms with van der Waals surface area (Å²) in [6.07, 6.45) is 1.15. The molecule has 1 spiro atoms. The quantitative estimate of drug-likeness (QED) is 0.752. The molecule has 2 aromatic rings. The fourth-order valence-electron chi connectivity index (χ4n) is 3.72. The van der Waals surface area contributed by atoms with Crippen LogP contribution in [-0.2, 0) is 4.74 Å². The third-order valence-electron chi connectivity index (χ3n) is 5.50. The van der Waals surface area contributed by atoms with Crippen molar-refractivity contribution in [1.29, 1.82) is 0 Å². The fraction of sp³-hybridized carbons (Fsp3) is 0.381. The van der Waals surface area contributed by atoms with Gasteiger partial charge >= 0.3 is 5.97 Å². The van der Waals surface area contributed by atoms with Crippen molar-refractivity contribution in [3.05, 3.63) is 45.6 Å². The molecule has 0 bridgehead atoms. The Morgan fingerprint density at radius 1 is 1.13 bits per heavy atom. The van der Waals surface area contributed by atoms with Crippen LogP contribution < -0.4 is 14.8 Å². The first-order valence-electron chi connectivity index (χ1n) is 9.57. The molecule has 2 aliphatic rings. The molecule has 1 fully saturated rings. The van der Waals surface area contributed by atoms with Gasteiger partial charge in [0.2, 0.25) is 0 Å². The van der Waals surface area contributed by atoms with E-state index in [1.807, 2.05) is 0 Å². The number of ether oxygens (including phenoxy) is 3. The molecule has 9 heteroatoms. The van der Waals surface area contributed by atoms with Gasteiger partial charge in [-0.1, -0.05) is 0 Å². The Kier molecular flexibility index (Phi) is 5.38. The summed E-state index contributed by atoms with van der Waals surface area (Å²) in [6, 6.07) is 8.39. The Hall–Kier alpha value is -3.07. The van der Waals surface area contributed by atoms with Crippen molar-refractivity contribution in [2.75, 3.05) is 33.9 Å². The van der Waals surface area contributed by atoms with Crippen LogP contribution in [0.15, 0.2) is 30.3 Å². The second-order valence-corrected chi connectivity index (χ2v) is 8.36. The molecule has 0 saturated carbocycles. The molecule has 1 N–H and O–H groups in total. The van der Waals surface area contributed by atoms with Crippen molar-refractivity contribution < 1.29 is 28.6 Å². The first-order chi connectivity index (χ1) is 14.4. The summed E-state index contributed by atoms with van der Waals surface area (Å²) < 4.78 is 16.3. The van der Waals surface area contributed by atoms with Crippen molar-refractivity contribution in [2.24, 2.45) is 0 Å². The highest BCUT2D eigenvalue weighted by Gasteiger charge is 2.41. The average Bonchev–Trinajstić information content (AvgIpc) is 3.22. The van der Waals surface area contributed by atoms with Gasteiger partial charge in [-0.2, -0.15) is 0 Å². The molecule has 2 aliphatic heterocycles. The molecule has 1 aromatic heterocycles. The monoisotopic (exact) mass is 430 g/mol. The van der Waals surface area contributed by atoms with Gasteiger partial charge < -0.3 is 24.4 Å². The standard InChI is InChI=1S/C21H22N2O6S/c1-27-13-3-4-14-15(11-13)29-21(12-22-18(14)24)7-9-23(10-8-21)19(25)16-5-6-17(30-16)20(26)28-2/h3-6,11H,7-10,12H2,1-2H3,(H,22,24). The van der Waals surface area contributed by atoms with Crippen molar-refractivity contribution in [1.82, 2.24) is 10.2 Å². The van der Waals surface area contributed by atoms with E-state index in [2.05, 4.69) is 5.32 Å². The van der Waals surface area contributed by atoms with Crippen LogP contribution in [0.1, 0.15) is 42.5 Å². The normalized spacial score (nSPS) is 17.4. The minimum absolute atomic E-state index is 0.121. The number of amides is 2. The molecular formula is C21H22N2O6S. The highest BCUT2D eigenvalue weighted by atomic mass is 32.1. The van der Waals surface area contributed by atoms with E-state index in [0.29, 0.717) is 59.3 Å². The summed E-state index contributed by atoms with van der Waals surface area (Å²) in [5, 5.41) is 2.94.